The number of halogens is 2. The van der Waals surface area contributed by atoms with Crippen molar-refractivity contribution >= 4 is 11.7 Å². The average molecular weight is 229 g/mol. The van der Waals surface area contributed by atoms with Crippen LogP contribution in [0.4, 0.5) is 14.5 Å². The van der Waals surface area contributed by atoms with E-state index in [9.17, 15) is 13.6 Å². The molecule has 16 heavy (non-hydrogen) atoms. The van der Waals surface area contributed by atoms with Gasteiger partial charge in [-0.25, -0.2) is 8.78 Å². The van der Waals surface area contributed by atoms with E-state index in [0.29, 0.717) is 6.61 Å². The predicted molar refractivity (Wildman–Crippen MR) is 56.1 cm³/mol. The highest BCUT2D eigenvalue weighted by atomic mass is 19.1. The zero-order valence-electron chi connectivity index (χ0n) is 8.93. The minimum absolute atomic E-state index is 0.144. The van der Waals surface area contributed by atoms with E-state index in [4.69, 9.17) is 4.74 Å². The largest absolute Gasteiger partial charge is 0.466 e. The standard InChI is InChI=1S/C11H13F2NO2/c1-2-16-11(15)5-6-14-10-4-3-8(12)7-9(10)13/h3-4,7,14H,2,5-6H2,1H3. The minimum Gasteiger partial charge on any atom is -0.466 e. The lowest BCUT2D eigenvalue weighted by atomic mass is 10.3. The van der Waals surface area contributed by atoms with E-state index in [1.54, 1.807) is 6.92 Å². The fraction of sp³-hybridized carbons (Fsp3) is 0.364. The highest BCUT2D eigenvalue weighted by Crippen LogP contribution is 2.14. The van der Waals surface area contributed by atoms with Crippen LogP contribution >= 0.6 is 0 Å². The van der Waals surface area contributed by atoms with E-state index in [-0.39, 0.29) is 24.6 Å². The van der Waals surface area contributed by atoms with Gasteiger partial charge in [0.2, 0.25) is 0 Å². The van der Waals surface area contributed by atoms with Gasteiger partial charge in [-0.2, -0.15) is 0 Å². The molecule has 0 fully saturated rings. The number of esters is 1. The number of hydrogen-bond donors (Lipinski definition) is 1. The van der Waals surface area contributed by atoms with Crippen LogP contribution in [0.1, 0.15) is 13.3 Å². The number of hydrogen-bond acceptors (Lipinski definition) is 3. The first-order valence-corrected chi connectivity index (χ1v) is 4.98. The van der Waals surface area contributed by atoms with Crippen LogP contribution in [0.5, 0.6) is 0 Å². The average Bonchev–Trinajstić information content (AvgIpc) is 2.22. The fourth-order valence-electron chi connectivity index (χ4n) is 1.17. The molecule has 5 heteroatoms. The van der Waals surface area contributed by atoms with Crippen LogP contribution in [0.15, 0.2) is 18.2 Å². The molecule has 0 aliphatic rings. The number of anilines is 1. The van der Waals surface area contributed by atoms with Crippen molar-refractivity contribution in [1.82, 2.24) is 0 Å². The molecule has 0 aliphatic carbocycles. The third-order valence-corrected chi connectivity index (χ3v) is 1.88. The topological polar surface area (TPSA) is 38.3 Å². The van der Waals surface area contributed by atoms with Gasteiger partial charge in [-0.15, -0.1) is 0 Å². The Morgan fingerprint density at radius 1 is 1.44 bits per heavy atom. The van der Waals surface area contributed by atoms with Gasteiger partial charge in [0.05, 0.1) is 18.7 Å². The molecular formula is C11H13F2NO2. The molecule has 0 unspecified atom stereocenters. The number of ether oxygens (including phenoxy) is 1. The molecule has 1 N–H and O–H groups in total. The second-order valence-corrected chi connectivity index (χ2v) is 3.11. The minimum atomic E-state index is -0.677. The molecule has 0 aromatic heterocycles. The summed E-state index contributed by atoms with van der Waals surface area (Å²) in [5, 5.41) is 2.69. The molecule has 0 atom stereocenters. The fourth-order valence-corrected chi connectivity index (χ4v) is 1.17. The van der Waals surface area contributed by atoms with Crippen molar-refractivity contribution in [2.45, 2.75) is 13.3 Å². The normalized spacial score (nSPS) is 9.94. The van der Waals surface area contributed by atoms with Crippen LogP contribution in [0.2, 0.25) is 0 Å². The molecule has 0 radical (unpaired) electrons. The molecule has 0 amide bonds. The summed E-state index contributed by atoms with van der Waals surface area (Å²) in [6.45, 7) is 2.29. The smallest absolute Gasteiger partial charge is 0.307 e. The molecule has 1 aromatic rings. The third-order valence-electron chi connectivity index (χ3n) is 1.88. The van der Waals surface area contributed by atoms with Gasteiger partial charge in [0.25, 0.3) is 0 Å². The summed E-state index contributed by atoms with van der Waals surface area (Å²) >= 11 is 0. The van der Waals surface area contributed by atoms with E-state index in [1.165, 1.54) is 6.07 Å². The number of rotatable bonds is 5. The summed E-state index contributed by atoms with van der Waals surface area (Å²) in [5.74, 6) is -1.66. The molecule has 88 valence electrons. The van der Waals surface area contributed by atoms with Crippen molar-refractivity contribution in [3.05, 3.63) is 29.8 Å². The Kier molecular flexibility index (Phi) is 4.69. The van der Waals surface area contributed by atoms with Crippen LogP contribution in [0.25, 0.3) is 0 Å². The van der Waals surface area contributed by atoms with Crippen LogP contribution in [0, 0.1) is 11.6 Å². The Hall–Kier alpha value is -1.65. The van der Waals surface area contributed by atoms with Crippen molar-refractivity contribution in [3.8, 4) is 0 Å². The highest BCUT2D eigenvalue weighted by Gasteiger charge is 2.05. The maximum absolute atomic E-state index is 13.1. The molecule has 0 spiro atoms. The quantitative estimate of drug-likeness (QED) is 0.787. The summed E-state index contributed by atoms with van der Waals surface area (Å²) < 4.78 is 30.4. The van der Waals surface area contributed by atoms with Crippen LogP contribution < -0.4 is 5.32 Å². The summed E-state index contributed by atoms with van der Waals surface area (Å²) in [6.07, 6.45) is 0.144. The number of benzene rings is 1. The number of carbonyl (C=O) groups excluding carboxylic acids is 1. The Bertz CT molecular complexity index is 369. The van der Waals surface area contributed by atoms with E-state index < -0.39 is 11.6 Å². The van der Waals surface area contributed by atoms with E-state index in [0.717, 1.165) is 12.1 Å². The highest BCUT2D eigenvalue weighted by molar-refractivity contribution is 5.70. The first-order chi connectivity index (χ1) is 7.63. The Morgan fingerprint density at radius 3 is 2.81 bits per heavy atom. The van der Waals surface area contributed by atoms with E-state index >= 15 is 0 Å². The predicted octanol–water partition coefficient (Wildman–Crippen LogP) is 2.33. The SMILES string of the molecule is CCOC(=O)CCNc1ccc(F)cc1F. The number of carbonyl (C=O) groups is 1. The van der Waals surface area contributed by atoms with Gasteiger partial charge in [0.1, 0.15) is 11.6 Å². The lowest BCUT2D eigenvalue weighted by Gasteiger charge is -2.07. The summed E-state index contributed by atoms with van der Waals surface area (Å²) in [5.41, 5.74) is 0.172. The van der Waals surface area contributed by atoms with Gasteiger partial charge >= 0.3 is 5.97 Å². The van der Waals surface area contributed by atoms with Gasteiger partial charge in [-0.1, -0.05) is 0 Å². The van der Waals surface area contributed by atoms with Crippen molar-refractivity contribution in [3.63, 3.8) is 0 Å². The molecule has 0 bridgehead atoms. The van der Waals surface area contributed by atoms with E-state index in [1.807, 2.05) is 0 Å². The Balaban J connectivity index is 2.40. The van der Waals surface area contributed by atoms with Gasteiger partial charge in [-0.3, -0.25) is 4.79 Å². The maximum atomic E-state index is 13.1. The molecule has 1 aromatic carbocycles. The zero-order valence-corrected chi connectivity index (χ0v) is 8.93. The molecule has 3 nitrogen and oxygen atoms in total. The van der Waals surface area contributed by atoms with Gasteiger partial charge in [0.15, 0.2) is 0 Å². The van der Waals surface area contributed by atoms with Gasteiger partial charge in [-0.05, 0) is 19.1 Å². The van der Waals surface area contributed by atoms with E-state index in [2.05, 4.69) is 5.32 Å². The molecular weight excluding hydrogens is 216 g/mol. The maximum Gasteiger partial charge on any atom is 0.307 e. The lowest BCUT2D eigenvalue weighted by Crippen LogP contribution is -2.12. The second kappa shape index (κ2) is 6.05. The first-order valence-electron chi connectivity index (χ1n) is 4.98. The third kappa shape index (κ3) is 3.84. The molecule has 0 heterocycles. The lowest BCUT2D eigenvalue weighted by molar-refractivity contribution is -0.142. The van der Waals surface area contributed by atoms with Crippen molar-refractivity contribution < 1.29 is 18.3 Å². The summed E-state index contributed by atoms with van der Waals surface area (Å²) in [6, 6.07) is 3.22. The van der Waals surface area contributed by atoms with Gasteiger partial charge in [0, 0.05) is 12.6 Å². The monoisotopic (exact) mass is 229 g/mol. The second-order valence-electron chi connectivity index (χ2n) is 3.11. The molecule has 1 rings (SSSR count). The van der Waals surface area contributed by atoms with Crippen LogP contribution in [-0.4, -0.2) is 19.1 Å². The summed E-state index contributed by atoms with van der Waals surface area (Å²) in [4.78, 5) is 11.0. The van der Waals surface area contributed by atoms with Crippen molar-refractivity contribution in [1.29, 1.82) is 0 Å². The molecule has 0 saturated carbocycles. The first kappa shape index (κ1) is 12.4. The van der Waals surface area contributed by atoms with Gasteiger partial charge < -0.3 is 10.1 Å². The van der Waals surface area contributed by atoms with Crippen LogP contribution in [0.3, 0.4) is 0 Å². The zero-order chi connectivity index (χ0) is 12.0. The van der Waals surface area contributed by atoms with Crippen LogP contribution in [-0.2, 0) is 9.53 Å². The molecule has 0 aliphatic heterocycles. The molecule has 0 saturated heterocycles. The Labute approximate surface area is 92.4 Å². The van der Waals surface area contributed by atoms with Crippen molar-refractivity contribution in [2.75, 3.05) is 18.5 Å². The Morgan fingerprint density at radius 2 is 2.19 bits per heavy atom. The van der Waals surface area contributed by atoms with Crippen molar-refractivity contribution in [2.24, 2.45) is 0 Å². The number of nitrogens with one attached hydrogen (secondary N) is 1. The summed E-state index contributed by atoms with van der Waals surface area (Å²) in [7, 11) is 0.